The number of halogens is 6. The van der Waals surface area contributed by atoms with Gasteiger partial charge in [-0.1, -0.05) is 63.3 Å². The summed E-state index contributed by atoms with van der Waals surface area (Å²) in [5.41, 5.74) is -5.16. The lowest BCUT2D eigenvalue weighted by Gasteiger charge is -2.38. The second kappa shape index (κ2) is 12.3. The Morgan fingerprint density at radius 1 is 0.897 bits per heavy atom. The van der Waals surface area contributed by atoms with Crippen LogP contribution in [0.1, 0.15) is 56.6 Å². The zero-order valence-corrected chi connectivity index (χ0v) is 22.2. The summed E-state index contributed by atoms with van der Waals surface area (Å²) < 4.78 is 113. The topological polar surface area (TPSA) is 72.5 Å². The highest BCUT2D eigenvalue weighted by atomic mass is 32.2. The van der Waals surface area contributed by atoms with Gasteiger partial charge in [-0.2, -0.15) is 26.3 Å². The van der Waals surface area contributed by atoms with Gasteiger partial charge in [-0.3, -0.25) is 4.79 Å². The molecule has 2 aromatic rings. The van der Waals surface area contributed by atoms with Gasteiger partial charge in [-0.05, 0) is 42.2 Å². The van der Waals surface area contributed by atoms with Crippen LogP contribution in [0.15, 0.2) is 53.4 Å². The first kappa shape index (κ1) is 30.9. The molecule has 0 unspecified atom stereocenters. The third-order valence-electron chi connectivity index (χ3n) is 6.97. The quantitative estimate of drug-likeness (QED) is 0.309. The molecular weight excluding hydrogens is 548 g/mol. The average molecular weight is 580 g/mol. The van der Waals surface area contributed by atoms with E-state index in [2.05, 4.69) is 5.32 Å². The van der Waals surface area contributed by atoms with Crippen molar-refractivity contribution in [3.63, 3.8) is 0 Å². The van der Waals surface area contributed by atoms with Gasteiger partial charge in [-0.15, -0.1) is 0 Å². The molecule has 1 aliphatic rings. The van der Waals surface area contributed by atoms with Crippen molar-refractivity contribution in [2.45, 2.75) is 74.7 Å². The number of benzene rings is 2. The molecule has 1 N–H and O–H groups in total. The summed E-state index contributed by atoms with van der Waals surface area (Å²) in [6.45, 7) is 0.805. The van der Waals surface area contributed by atoms with Crippen molar-refractivity contribution in [1.29, 1.82) is 0 Å². The van der Waals surface area contributed by atoms with Gasteiger partial charge < -0.3 is 10.1 Å². The van der Waals surface area contributed by atoms with E-state index < -0.39 is 45.9 Å². The molecule has 0 spiro atoms. The summed E-state index contributed by atoms with van der Waals surface area (Å²) in [7, 11) is -3.41. The van der Waals surface area contributed by atoms with Gasteiger partial charge in [0.25, 0.3) is 5.60 Å². The number of hydrogen-bond acceptors (Lipinski definition) is 4. The summed E-state index contributed by atoms with van der Waals surface area (Å²) >= 11 is 0. The number of anilines is 1. The van der Waals surface area contributed by atoms with E-state index in [1.807, 2.05) is 0 Å². The highest BCUT2D eigenvalue weighted by Gasteiger charge is 2.73. The van der Waals surface area contributed by atoms with E-state index >= 15 is 0 Å². The molecule has 39 heavy (non-hydrogen) atoms. The second-order valence-electron chi connectivity index (χ2n) is 9.67. The molecule has 2 aromatic carbocycles. The standard InChI is InChI=1S/C27H31F6NO4S/c1-2-39(36,37)23-14-8-20(9-15-23)18-24(35)34-22-12-10-21(11-13-22)25(26(28,29)30,27(31,32)33)38-17-16-19-6-4-3-5-7-19/h8-15,19H,2-7,16-18H2,1H3,(H,34,35). The van der Waals surface area contributed by atoms with E-state index in [1.165, 1.54) is 31.2 Å². The number of sulfone groups is 1. The molecule has 0 heterocycles. The summed E-state index contributed by atoms with van der Waals surface area (Å²) in [6, 6.07) is 8.86. The van der Waals surface area contributed by atoms with Crippen LogP contribution in [0.25, 0.3) is 0 Å². The Hall–Kier alpha value is -2.60. The van der Waals surface area contributed by atoms with Crippen LogP contribution < -0.4 is 5.32 Å². The molecule has 12 heteroatoms. The molecule has 0 bridgehead atoms. The molecule has 0 atom stereocenters. The first-order valence-electron chi connectivity index (χ1n) is 12.7. The van der Waals surface area contributed by atoms with Crippen LogP contribution >= 0.6 is 0 Å². The van der Waals surface area contributed by atoms with E-state index in [0.717, 1.165) is 44.2 Å². The highest BCUT2D eigenvalue weighted by Crippen LogP contribution is 2.53. The predicted octanol–water partition coefficient (Wildman–Crippen LogP) is 6.97. The normalized spacial score (nSPS) is 15.8. The lowest BCUT2D eigenvalue weighted by molar-refractivity contribution is -0.390. The van der Waals surface area contributed by atoms with Crippen molar-refractivity contribution in [3.8, 4) is 0 Å². The average Bonchev–Trinajstić information content (AvgIpc) is 2.86. The minimum Gasteiger partial charge on any atom is -0.354 e. The fourth-order valence-electron chi connectivity index (χ4n) is 4.75. The lowest BCUT2D eigenvalue weighted by atomic mass is 9.87. The first-order chi connectivity index (χ1) is 18.2. The Morgan fingerprint density at radius 3 is 1.97 bits per heavy atom. The Balaban J connectivity index is 1.74. The third kappa shape index (κ3) is 7.33. The number of hydrogen-bond donors (Lipinski definition) is 1. The zero-order chi connectivity index (χ0) is 28.9. The molecule has 0 aliphatic heterocycles. The zero-order valence-electron chi connectivity index (χ0n) is 21.4. The Kier molecular flexibility index (Phi) is 9.74. The lowest BCUT2D eigenvalue weighted by Crippen LogP contribution is -2.56. The summed E-state index contributed by atoms with van der Waals surface area (Å²) in [5.74, 6) is -0.642. The van der Waals surface area contributed by atoms with Crippen LogP contribution in [0.2, 0.25) is 0 Å². The van der Waals surface area contributed by atoms with Crippen molar-refractivity contribution in [2.75, 3.05) is 17.7 Å². The van der Waals surface area contributed by atoms with Crippen LogP contribution in [0.3, 0.4) is 0 Å². The Labute approximate surface area is 223 Å². The maximum absolute atomic E-state index is 14.0. The van der Waals surface area contributed by atoms with E-state index in [4.69, 9.17) is 4.74 Å². The number of alkyl halides is 6. The van der Waals surface area contributed by atoms with Crippen molar-refractivity contribution in [1.82, 2.24) is 0 Å². The number of carbonyl (C=O) groups is 1. The number of nitrogens with one attached hydrogen (secondary N) is 1. The van der Waals surface area contributed by atoms with Gasteiger partial charge in [0, 0.05) is 17.9 Å². The number of rotatable bonds is 10. The third-order valence-corrected chi connectivity index (χ3v) is 8.72. The molecule has 216 valence electrons. The first-order valence-corrected chi connectivity index (χ1v) is 14.3. The van der Waals surface area contributed by atoms with Gasteiger partial charge in [0.15, 0.2) is 9.84 Å². The van der Waals surface area contributed by atoms with E-state index in [1.54, 1.807) is 0 Å². The van der Waals surface area contributed by atoms with E-state index in [0.29, 0.717) is 17.7 Å². The SMILES string of the molecule is CCS(=O)(=O)c1ccc(CC(=O)Nc2ccc(C(OCCC3CCCCC3)(C(F)(F)F)C(F)(F)F)cc2)cc1. The highest BCUT2D eigenvalue weighted by molar-refractivity contribution is 7.91. The van der Waals surface area contributed by atoms with Crippen molar-refractivity contribution >= 4 is 21.4 Å². The number of amides is 1. The van der Waals surface area contributed by atoms with Crippen LogP contribution in [-0.2, 0) is 31.4 Å². The second-order valence-corrected chi connectivity index (χ2v) is 11.9. The molecule has 1 aliphatic carbocycles. The number of ether oxygens (including phenoxy) is 1. The van der Waals surface area contributed by atoms with Crippen LogP contribution in [-0.4, -0.2) is 39.0 Å². The molecule has 3 rings (SSSR count). The van der Waals surface area contributed by atoms with Crippen molar-refractivity contribution in [3.05, 3.63) is 59.7 Å². The minimum absolute atomic E-state index is 0.00520. The van der Waals surface area contributed by atoms with Crippen LogP contribution in [0, 0.1) is 5.92 Å². The van der Waals surface area contributed by atoms with E-state index in [-0.39, 0.29) is 35.1 Å². The monoisotopic (exact) mass is 579 g/mol. The molecule has 1 amide bonds. The van der Waals surface area contributed by atoms with Crippen molar-refractivity contribution in [2.24, 2.45) is 5.92 Å². The Morgan fingerprint density at radius 2 is 1.46 bits per heavy atom. The van der Waals surface area contributed by atoms with Gasteiger partial charge in [0.2, 0.25) is 5.91 Å². The van der Waals surface area contributed by atoms with Crippen LogP contribution in [0.4, 0.5) is 32.0 Å². The summed E-state index contributed by atoms with van der Waals surface area (Å²) in [6.07, 6.45) is -7.33. The fourth-order valence-corrected chi connectivity index (χ4v) is 5.63. The molecule has 5 nitrogen and oxygen atoms in total. The molecule has 1 fully saturated rings. The largest absolute Gasteiger partial charge is 0.430 e. The molecular formula is C27H31F6NO4S. The van der Waals surface area contributed by atoms with Gasteiger partial charge >= 0.3 is 12.4 Å². The molecule has 0 saturated heterocycles. The minimum atomic E-state index is -5.78. The number of carbonyl (C=O) groups excluding carboxylic acids is 1. The summed E-state index contributed by atoms with van der Waals surface area (Å²) in [4.78, 5) is 12.5. The van der Waals surface area contributed by atoms with Gasteiger partial charge in [0.1, 0.15) is 0 Å². The molecule has 1 saturated carbocycles. The smallest absolute Gasteiger partial charge is 0.354 e. The maximum Gasteiger partial charge on any atom is 0.430 e. The molecule has 0 radical (unpaired) electrons. The van der Waals surface area contributed by atoms with Crippen LogP contribution in [0.5, 0.6) is 0 Å². The predicted molar refractivity (Wildman–Crippen MR) is 134 cm³/mol. The summed E-state index contributed by atoms with van der Waals surface area (Å²) in [5, 5.41) is 2.43. The molecule has 0 aromatic heterocycles. The van der Waals surface area contributed by atoms with Crippen molar-refractivity contribution < 1.29 is 44.3 Å². The maximum atomic E-state index is 14.0. The van der Waals surface area contributed by atoms with Gasteiger partial charge in [0.05, 0.1) is 17.1 Å². The fraction of sp³-hybridized carbons (Fsp3) is 0.519. The Bertz CT molecular complexity index is 1190. The van der Waals surface area contributed by atoms with Gasteiger partial charge in [-0.25, -0.2) is 8.42 Å². The van der Waals surface area contributed by atoms with E-state index in [9.17, 15) is 39.6 Å².